The highest BCUT2D eigenvalue weighted by Crippen LogP contribution is 2.39. The van der Waals surface area contributed by atoms with Crippen molar-refractivity contribution in [1.29, 1.82) is 0 Å². The number of likely N-dealkylation sites (tertiary alicyclic amines) is 1. The number of hydrogen-bond acceptors (Lipinski definition) is 5. The monoisotopic (exact) mass is 398 g/mol. The SMILES string of the molecule is COc1ccc([C@@H]2CCCN2Cc2coc(-c3ccc(Cl)cc3)n2)c(OC)c1. The molecule has 1 aliphatic heterocycles. The van der Waals surface area contributed by atoms with Gasteiger partial charge in [-0.1, -0.05) is 17.7 Å². The maximum Gasteiger partial charge on any atom is 0.226 e. The van der Waals surface area contributed by atoms with E-state index < -0.39 is 0 Å². The number of nitrogens with zero attached hydrogens (tertiary/aromatic N) is 2. The first kappa shape index (κ1) is 18.8. The van der Waals surface area contributed by atoms with Gasteiger partial charge >= 0.3 is 0 Å². The van der Waals surface area contributed by atoms with E-state index in [1.54, 1.807) is 20.5 Å². The fourth-order valence-electron chi connectivity index (χ4n) is 3.77. The lowest BCUT2D eigenvalue weighted by atomic mass is 10.0. The van der Waals surface area contributed by atoms with Gasteiger partial charge in [0.2, 0.25) is 5.89 Å². The average molecular weight is 399 g/mol. The first-order valence-corrected chi connectivity index (χ1v) is 9.72. The molecule has 146 valence electrons. The van der Waals surface area contributed by atoms with Gasteiger partial charge in [0.05, 0.1) is 19.9 Å². The average Bonchev–Trinajstić information content (AvgIpc) is 3.38. The minimum atomic E-state index is 0.288. The zero-order chi connectivity index (χ0) is 19.5. The number of oxazole rings is 1. The van der Waals surface area contributed by atoms with Gasteiger partial charge in [0.15, 0.2) is 0 Å². The van der Waals surface area contributed by atoms with Crippen molar-refractivity contribution < 1.29 is 13.9 Å². The summed E-state index contributed by atoms with van der Waals surface area (Å²) in [6.07, 6.45) is 3.97. The van der Waals surface area contributed by atoms with Crippen LogP contribution in [0.5, 0.6) is 11.5 Å². The second-order valence-electron chi connectivity index (χ2n) is 6.89. The zero-order valence-electron chi connectivity index (χ0n) is 16.0. The second-order valence-corrected chi connectivity index (χ2v) is 7.32. The maximum absolute atomic E-state index is 5.96. The van der Waals surface area contributed by atoms with Gasteiger partial charge in [-0.15, -0.1) is 0 Å². The second kappa shape index (κ2) is 8.25. The van der Waals surface area contributed by atoms with E-state index in [9.17, 15) is 0 Å². The number of rotatable bonds is 6. The molecular weight excluding hydrogens is 376 g/mol. The van der Waals surface area contributed by atoms with E-state index in [0.29, 0.717) is 10.9 Å². The van der Waals surface area contributed by atoms with Gasteiger partial charge in [-0.05, 0) is 49.7 Å². The quantitative estimate of drug-likeness (QED) is 0.560. The standard InChI is InChI=1S/C22H23ClN2O3/c1-26-18-9-10-19(21(12-18)27-2)20-4-3-11-25(20)13-17-14-28-22(24-17)15-5-7-16(23)8-6-15/h5-10,12,14,20H,3-4,11,13H2,1-2H3/t20-/m0/s1. The van der Waals surface area contributed by atoms with E-state index in [1.165, 1.54) is 5.56 Å². The van der Waals surface area contributed by atoms with E-state index in [0.717, 1.165) is 48.7 Å². The first-order chi connectivity index (χ1) is 13.7. The van der Waals surface area contributed by atoms with Crippen LogP contribution in [0.25, 0.3) is 11.5 Å². The lowest BCUT2D eigenvalue weighted by Gasteiger charge is -2.25. The predicted molar refractivity (Wildman–Crippen MR) is 109 cm³/mol. The van der Waals surface area contributed by atoms with Gasteiger partial charge in [0, 0.05) is 34.8 Å². The molecule has 0 aliphatic carbocycles. The summed E-state index contributed by atoms with van der Waals surface area (Å²) in [6, 6.07) is 13.8. The summed E-state index contributed by atoms with van der Waals surface area (Å²) in [7, 11) is 3.37. The Morgan fingerprint density at radius 3 is 2.71 bits per heavy atom. The normalized spacial score (nSPS) is 17.0. The summed E-state index contributed by atoms with van der Waals surface area (Å²) >= 11 is 5.96. The molecule has 28 heavy (non-hydrogen) atoms. The Bertz CT molecular complexity index is 939. The molecule has 1 atom stereocenters. The number of halogens is 1. The third kappa shape index (κ3) is 3.86. The van der Waals surface area contributed by atoms with Crippen molar-refractivity contribution >= 4 is 11.6 Å². The Hall–Kier alpha value is -2.50. The van der Waals surface area contributed by atoms with E-state index in [1.807, 2.05) is 36.4 Å². The molecule has 2 heterocycles. The Labute approximate surface area is 169 Å². The third-order valence-corrected chi connectivity index (χ3v) is 5.42. The molecule has 1 saturated heterocycles. The molecular formula is C22H23ClN2O3. The number of ether oxygens (including phenoxy) is 2. The van der Waals surface area contributed by atoms with Crippen LogP contribution in [0.4, 0.5) is 0 Å². The van der Waals surface area contributed by atoms with Crippen molar-refractivity contribution in [1.82, 2.24) is 9.88 Å². The molecule has 0 radical (unpaired) electrons. The van der Waals surface area contributed by atoms with Crippen molar-refractivity contribution in [3.63, 3.8) is 0 Å². The van der Waals surface area contributed by atoms with Gasteiger partial charge in [0.25, 0.3) is 0 Å². The van der Waals surface area contributed by atoms with Crippen LogP contribution in [0.15, 0.2) is 53.1 Å². The summed E-state index contributed by atoms with van der Waals surface area (Å²) in [5.41, 5.74) is 3.02. The number of hydrogen-bond donors (Lipinski definition) is 0. The highest BCUT2D eigenvalue weighted by molar-refractivity contribution is 6.30. The topological polar surface area (TPSA) is 47.7 Å². The van der Waals surface area contributed by atoms with E-state index in [-0.39, 0.29) is 6.04 Å². The van der Waals surface area contributed by atoms with E-state index in [4.69, 9.17) is 25.5 Å². The van der Waals surface area contributed by atoms with Gasteiger partial charge in [-0.3, -0.25) is 4.90 Å². The Kier molecular flexibility index (Phi) is 5.55. The van der Waals surface area contributed by atoms with Crippen molar-refractivity contribution in [2.75, 3.05) is 20.8 Å². The summed E-state index contributed by atoms with van der Waals surface area (Å²) in [5.74, 6) is 2.27. The summed E-state index contributed by atoms with van der Waals surface area (Å²) in [6.45, 7) is 1.75. The van der Waals surface area contributed by atoms with Crippen LogP contribution in [0.2, 0.25) is 5.02 Å². The van der Waals surface area contributed by atoms with Crippen LogP contribution in [0.1, 0.15) is 30.1 Å². The predicted octanol–water partition coefficient (Wildman–Crippen LogP) is 5.35. The van der Waals surface area contributed by atoms with Gasteiger partial charge in [-0.2, -0.15) is 0 Å². The van der Waals surface area contributed by atoms with Crippen molar-refractivity contribution in [3.05, 3.63) is 65.0 Å². The zero-order valence-corrected chi connectivity index (χ0v) is 16.8. The molecule has 0 spiro atoms. The van der Waals surface area contributed by atoms with Crippen molar-refractivity contribution in [2.45, 2.75) is 25.4 Å². The van der Waals surface area contributed by atoms with Crippen LogP contribution in [-0.2, 0) is 6.54 Å². The highest BCUT2D eigenvalue weighted by atomic mass is 35.5. The minimum absolute atomic E-state index is 0.288. The van der Waals surface area contributed by atoms with Crippen LogP contribution in [-0.4, -0.2) is 30.6 Å². The molecule has 2 aromatic carbocycles. The molecule has 6 heteroatoms. The van der Waals surface area contributed by atoms with Crippen LogP contribution >= 0.6 is 11.6 Å². The van der Waals surface area contributed by atoms with Crippen LogP contribution in [0.3, 0.4) is 0 Å². The Morgan fingerprint density at radius 1 is 1.14 bits per heavy atom. The molecule has 1 aliphatic rings. The molecule has 1 fully saturated rings. The molecule has 0 N–H and O–H groups in total. The molecule has 3 aromatic rings. The highest BCUT2D eigenvalue weighted by Gasteiger charge is 2.29. The van der Waals surface area contributed by atoms with Crippen molar-refractivity contribution in [3.8, 4) is 23.0 Å². The van der Waals surface area contributed by atoms with Crippen LogP contribution < -0.4 is 9.47 Å². The minimum Gasteiger partial charge on any atom is -0.497 e. The smallest absolute Gasteiger partial charge is 0.226 e. The van der Waals surface area contributed by atoms with E-state index >= 15 is 0 Å². The molecule has 0 unspecified atom stereocenters. The van der Waals surface area contributed by atoms with Gasteiger partial charge in [0.1, 0.15) is 17.8 Å². The van der Waals surface area contributed by atoms with E-state index in [2.05, 4.69) is 16.0 Å². The fourth-order valence-corrected chi connectivity index (χ4v) is 3.90. The summed E-state index contributed by atoms with van der Waals surface area (Å²) in [4.78, 5) is 7.09. The van der Waals surface area contributed by atoms with Gasteiger partial charge in [-0.25, -0.2) is 4.98 Å². The van der Waals surface area contributed by atoms with Crippen molar-refractivity contribution in [2.24, 2.45) is 0 Å². The summed E-state index contributed by atoms with van der Waals surface area (Å²) < 4.78 is 16.6. The molecule has 0 saturated carbocycles. The number of methoxy groups -OCH3 is 2. The Balaban J connectivity index is 1.53. The number of aromatic nitrogens is 1. The summed E-state index contributed by atoms with van der Waals surface area (Å²) in [5, 5.41) is 0.698. The molecule has 1 aromatic heterocycles. The fraction of sp³-hybridized carbons (Fsp3) is 0.318. The van der Waals surface area contributed by atoms with Gasteiger partial charge < -0.3 is 13.9 Å². The largest absolute Gasteiger partial charge is 0.497 e. The molecule has 0 bridgehead atoms. The molecule has 5 nitrogen and oxygen atoms in total. The maximum atomic E-state index is 5.96. The lowest BCUT2D eigenvalue weighted by Crippen LogP contribution is -2.23. The lowest BCUT2D eigenvalue weighted by molar-refractivity contribution is 0.240. The molecule has 4 rings (SSSR count). The first-order valence-electron chi connectivity index (χ1n) is 9.34. The third-order valence-electron chi connectivity index (χ3n) is 5.17. The molecule has 0 amide bonds. The Morgan fingerprint density at radius 2 is 1.96 bits per heavy atom. The number of benzene rings is 2. The van der Waals surface area contributed by atoms with Crippen LogP contribution in [0, 0.1) is 0 Å².